The zero-order chi connectivity index (χ0) is 13.9. The first-order valence-electron chi connectivity index (χ1n) is 6.30. The zero-order valence-electron chi connectivity index (χ0n) is 11.1. The van der Waals surface area contributed by atoms with E-state index in [1.54, 1.807) is 18.6 Å². The van der Waals surface area contributed by atoms with Crippen molar-refractivity contribution in [1.82, 2.24) is 25.1 Å². The normalized spacial score (nSPS) is 10.8. The first-order chi connectivity index (χ1) is 9.74. The molecule has 0 saturated carbocycles. The summed E-state index contributed by atoms with van der Waals surface area (Å²) in [5, 5.41) is 7.67. The number of anilines is 2. The average molecular weight is 269 g/mol. The molecule has 0 radical (unpaired) electrons. The minimum atomic E-state index is 0.243. The summed E-state index contributed by atoms with van der Waals surface area (Å²) in [5.74, 6) is 1.03. The number of nitrogen functional groups attached to an aromatic ring is 1. The van der Waals surface area contributed by atoms with E-state index in [0.717, 1.165) is 24.2 Å². The average Bonchev–Trinajstić information content (AvgIpc) is 2.93. The van der Waals surface area contributed by atoms with Crippen LogP contribution in [0.3, 0.4) is 0 Å². The Bertz CT molecular complexity index is 707. The number of rotatable bonds is 4. The molecule has 3 rings (SSSR count). The molecule has 102 valence electrons. The van der Waals surface area contributed by atoms with Gasteiger partial charge >= 0.3 is 0 Å². The van der Waals surface area contributed by atoms with E-state index >= 15 is 0 Å². The van der Waals surface area contributed by atoms with Crippen LogP contribution in [0.1, 0.15) is 5.56 Å². The number of pyridine rings is 1. The summed E-state index contributed by atoms with van der Waals surface area (Å²) in [6.45, 7) is 0.820. The minimum Gasteiger partial charge on any atom is -0.368 e. The topological polar surface area (TPSA) is 96.6 Å². The van der Waals surface area contributed by atoms with Crippen LogP contribution in [0.15, 0.2) is 30.7 Å². The van der Waals surface area contributed by atoms with Crippen LogP contribution in [0, 0.1) is 0 Å². The molecule has 0 amide bonds. The van der Waals surface area contributed by atoms with Crippen LogP contribution >= 0.6 is 0 Å². The van der Waals surface area contributed by atoms with E-state index in [2.05, 4.69) is 30.0 Å². The number of aromatic amines is 1. The molecule has 7 nitrogen and oxygen atoms in total. The summed E-state index contributed by atoms with van der Waals surface area (Å²) >= 11 is 0. The first-order valence-corrected chi connectivity index (χ1v) is 6.30. The molecule has 3 aromatic heterocycles. The molecule has 0 unspecified atom stereocenters. The van der Waals surface area contributed by atoms with Crippen LogP contribution in [0.25, 0.3) is 11.0 Å². The maximum Gasteiger partial charge on any atom is 0.224 e. The first kappa shape index (κ1) is 12.3. The molecule has 0 fully saturated rings. The summed E-state index contributed by atoms with van der Waals surface area (Å²) in [7, 11) is 1.98. The molecule has 0 aliphatic rings. The van der Waals surface area contributed by atoms with Crippen LogP contribution in [0.5, 0.6) is 0 Å². The second kappa shape index (κ2) is 5.12. The number of likely N-dealkylation sites (N-methyl/N-ethyl adjacent to an activating group) is 1. The van der Waals surface area contributed by atoms with Gasteiger partial charge in [-0.1, -0.05) is 0 Å². The Morgan fingerprint density at radius 1 is 1.25 bits per heavy atom. The number of hydrogen-bond acceptors (Lipinski definition) is 6. The second-order valence-corrected chi connectivity index (χ2v) is 4.56. The van der Waals surface area contributed by atoms with Crippen molar-refractivity contribution in [2.75, 3.05) is 24.2 Å². The van der Waals surface area contributed by atoms with Crippen LogP contribution < -0.4 is 10.6 Å². The molecule has 0 spiro atoms. The maximum absolute atomic E-state index is 5.72. The largest absolute Gasteiger partial charge is 0.368 e. The van der Waals surface area contributed by atoms with Crippen LogP contribution in [0.4, 0.5) is 11.8 Å². The fraction of sp³-hybridized carbons (Fsp3) is 0.231. The molecule has 0 aromatic carbocycles. The van der Waals surface area contributed by atoms with Crippen molar-refractivity contribution >= 4 is 22.8 Å². The lowest BCUT2D eigenvalue weighted by atomic mass is 10.2. The van der Waals surface area contributed by atoms with Crippen molar-refractivity contribution in [3.8, 4) is 0 Å². The highest BCUT2D eigenvalue weighted by Crippen LogP contribution is 2.22. The van der Waals surface area contributed by atoms with E-state index in [0.29, 0.717) is 5.65 Å². The number of H-pyrrole nitrogens is 1. The Labute approximate surface area is 115 Å². The third kappa shape index (κ3) is 2.37. The van der Waals surface area contributed by atoms with Gasteiger partial charge in [-0.2, -0.15) is 15.1 Å². The van der Waals surface area contributed by atoms with Crippen molar-refractivity contribution in [1.29, 1.82) is 0 Å². The van der Waals surface area contributed by atoms with Crippen molar-refractivity contribution in [3.63, 3.8) is 0 Å². The summed E-state index contributed by atoms with van der Waals surface area (Å²) in [6.07, 6.45) is 6.22. The molecule has 3 heterocycles. The van der Waals surface area contributed by atoms with Gasteiger partial charge in [0.2, 0.25) is 5.95 Å². The van der Waals surface area contributed by atoms with Crippen molar-refractivity contribution in [2.45, 2.75) is 6.42 Å². The molecule has 0 saturated heterocycles. The van der Waals surface area contributed by atoms with Crippen LogP contribution in [-0.4, -0.2) is 38.7 Å². The highest BCUT2D eigenvalue weighted by Gasteiger charge is 2.12. The number of nitrogens with one attached hydrogen (secondary N) is 1. The van der Waals surface area contributed by atoms with Gasteiger partial charge in [0.1, 0.15) is 5.82 Å². The fourth-order valence-electron chi connectivity index (χ4n) is 2.08. The van der Waals surface area contributed by atoms with Gasteiger partial charge in [-0.25, -0.2) is 0 Å². The maximum atomic E-state index is 5.72. The lowest BCUT2D eigenvalue weighted by Crippen LogP contribution is -2.22. The van der Waals surface area contributed by atoms with Gasteiger partial charge < -0.3 is 10.6 Å². The van der Waals surface area contributed by atoms with Gasteiger partial charge in [-0.15, -0.1) is 0 Å². The van der Waals surface area contributed by atoms with E-state index < -0.39 is 0 Å². The molecule has 0 aliphatic carbocycles. The Kier molecular flexibility index (Phi) is 3.16. The molecular formula is C13H15N7. The molecular weight excluding hydrogens is 254 g/mol. The van der Waals surface area contributed by atoms with E-state index in [9.17, 15) is 0 Å². The Hall–Kier alpha value is -2.70. The number of aromatic nitrogens is 5. The standard InChI is InChI=1S/C13H15N7/c1-20(7-4-9-2-5-15-6-3-9)12-10-8-16-19-11(10)17-13(14)18-12/h2-3,5-6,8H,4,7H2,1H3,(H3,14,16,17,18,19). The summed E-state index contributed by atoms with van der Waals surface area (Å²) < 4.78 is 0. The molecule has 0 bridgehead atoms. The van der Waals surface area contributed by atoms with Crippen molar-refractivity contribution < 1.29 is 0 Å². The highest BCUT2D eigenvalue weighted by molar-refractivity contribution is 5.87. The summed E-state index contributed by atoms with van der Waals surface area (Å²) in [4.78, 5) is 14.5. The predicted molar refractivity (Wildman–Crippen MR) is 77.3 cm³/mol. The van der Waals surface area contributed by atoms with Gasteiger partial charge in [0.05, 0.1) is 11.6 Å². The van der Waals surface area contributed by atoms with E-state index in [4.69, 9.17) is 5.73 Å². The third-order valence-corrected chi connectivity index (χ3v) is 3.15. The molecule has 3 N–H and O–H groups in total. The van der Waals surface area contributed by atoms with Gasteiger partial charge in [-0.3, -0.25) is 10.1 Å². The fourth-order valence-corrected chi connectivity index (χ4v) is 2.08. The van der Waals surface area contributed by atoms with E-state index in [-0.39, 0.29) is 5.95 Å². The van der Waals surface area contributed by atoms with Crippen LogP contribution in [-0.2, 0) is 6.42 Å². The minimum absolute atomic E-state index is 0.243. The van der Waals surface area contributed by atoms with Gasteiger partial charge in [0, 0.05) is 26.0 Å². The van der Waals surface area contributed by atoms with Gasteiger partial charge in [0.15, 0.2) is 5.65 Å². The summed E-state index contributed by atoms with van der Waals surface area (Å²) in [6, 6.07) is 4.02. The van der Waals surface area contributed by atoms with Crippen molar-refractivity contribution in [3.05, 3.63) is 36.3 Å². The molecule has 0 atom stereocenters. The predicted octanol–water partition coefficient (Wildman–Crippen LogP) is 1.01. The van der Waals surface area contributed by atoms with Gasteiger partial charge in [0.25, 0.3) is 0 Å². The highest BCUT2D eigenvalue weighted by atomic mass is 15.2. The van der Waals surface area contributed by atoms with E-state index in [1.165, 1.54) is 5.56 Å². The number of fused-ring (bicyclic) bond motifs is 1. The number of nitrogens with zero attached hydrogens (tertiary/aromatic N) is 5. The van der Waals surface area contributed by atoms with Crippen molar-refractivity contribution in [2.24, 2.45) is 0 Å². The number of hydrogen-bond donors (Lipinski definition) is 2. The van der Waals surface area contributed by atoms with Gasteiger partial charge in [-0.05, 0) is 24.1 Å². The zero-order valence-corrected chi connectivity index (χ0v) is 11.1. The quantitative estimate of drug-likeness (QED) is 0.733. The van der Waals surface area contributed by atoms with E-state index in [1.807, 2.05) is 19.2 Å². The Balaban J connectivity index is 1.82. The smallest absolute Gasteiger partial charge is 0.224 e. The third-order valence-electron chi connectivity index (χ3n) is 3.15. The Morgan fingerprint density at radius 2 is 2.05 bits per heavy atom. The summed E-state index contributed by atoms with van der Waals surface area (Å²) in [5.41, 5.74) is 7.61. The SMILES string of the molecule is CN(CCc1ccncc1)c1nc(N)nc2[nH]ncc12. The number of nitrogens with two attached hydrogens (primary N) is 1. The Morgan fingerprint density at radius 3 is 2.85 bits per heavy atom. The molecule has 20 heavy (non-hydrogen) atoms. The lowest BCUT2D eigenvalue weighted by molar-refractivity contribution is 0.862. The lowest BCUT2D eigenvalue weighted by Gasteiger charge is -2.18. The molecule has 3 aromatic rings. The molecule has 0 aliphatic heterocycles. The molecule has 7 heteroatoms. The second-order valence-electron chi connectivity index (χ2n) is 4.56. The monoisotopic (exact) mass is 269 g/mol. The van der Waals surface area contributed by atoms with Crippen LogP contribution in [0.2, 0.25) is 0 Å².